The van der Waals surface area contributed by atoms with Gasteiger partial charge in [0.25, 0.3) is 0 Å². The van der Waals surface area contributed by atoms with E-state index in [2.05, 4.69) is 65.0 Å². The van der Waals surface area contributed by atoms with Gasteiger partial charge in [-0.2, -0.15) is 0 Å². The minimum Gasteiger partial charge on any atom is -0.493 e. The van der Waals surface area contributed by atoms with Crippen LogP contribution >= 0.6 is 23.5 Å². The molecule has 0 N–H and O–H groups in total. The van der Waals surface area contributed by atoms with Gasteiger partial charge in [0, 0.05) is 17.7 Å². The van der Waals surface area contributed by atoms with Gasteiger partial charge < -0.3 is 9.30 Å². The van der Waals surface area contributed by atoms with Gasteiger partial charge in [-0.15, -0.1) is 22.0 Å². The lowest BCUT2D eigenvalue weighted by molar-refractivity contribution is 0.343. The molecule has 3 aromatic rings. The quantitative estimate of drug-likeness (QED) is 0.408. The Morgan fingerprint density at radius 3 is 2.23 bits per heavy atom. The summed E-state index contributed by atoms with van der Waals surface area (Å²) < 4.78 is 7.83. The second kappa shape index (κ2) is 9.14. The average molecular weight is 386 g/mol. The zero-order chi connectivity index (χ0) is 18.4. The smallest absolute Gasteiger partial charge is 0.191 e. The number of nitrogens with zero attached hydrogens (tertiary/aromatic N) is 3. The molecule has 0 fully saturated rings. The molecule has 136 valence electrons. The van der Waals surface area contributed by atoms with Crippen molar-refractivity contribution in [2.75, 3.05) is 12.4 Å². The summed E-state index contributed by atoms with van der Waals surface area (Å²) in [5.41, 5.74) is 2.52. The topological polar surface area (TPSA) is 39.9 Å². The summed E-state index contributed by atoms with van der Waals surface area (Å²) in [6.45, 7) is 4.82. The van der Waals surface area contributed by atoms with Gasteiger partial charge in [0.15, 0.2) is 5.16 Å². The summed E-state index contributed by atoms with van der Waals surface area (Å²) in [7, 11) is 2.02. The van der Waals surface area contributed by atoms with Crippen molar-refractivity contribution in [3.63, 3.8) is 0 Å². The molecule has 0 spiro atoms. The van der Waals surface area contributed by atoms with E-state index in [-0.39, 0.29) is 0 Å². The largest absolute Gasteiger partial charge is 0.493 e. The first-order chi connectivity index (χ1) is 12.6. The van der Waals surface area contributed by atoms with Gasteiger partial charge in [-0.25, -0.2) is 0 Å². The van der Waals surface area contributed by atoms with Gasteiger partial charge in [-0.3, -0.25) is 0 Å². The Morgan fingerprint density at radius 1 is 0.885 bits per heavy atom. The molecule has 0 amide bonds. The summed E-state index contributed by atoms with van der Waals surface area (Å²) in [6.07, 6.45) is 0. The van der Waals surface area contributed by atoms with E-state index in [1.807, 2.05) is 19.2 Å². The molecule has 4 nitrogen and oxygen atoms in total. The van der Waals surface area contributed by atoms with Gasteiger partial charge in [0.05, 0.1) is 12.4 Å². The number of hydrogen-bond acceptors (Lipinski definition) is 5. The van der Waals surface area contributed by atoms with Crippen LogP contribution < -0.4 is 4.74 Å². The first-order valence-corrected chi connectivity index (χ1v) is 10.5. The lowest BCUT2D eigenvalue weighted by atomic mass is 10.2. The summed E-state index contributed by atoms with van der Waals surface area (Å²) >= 11 is 3.45. The van der Waals surface area contributed by atoms with E-state index in [1.165, 1.54) is 16.0 Å². The van der Waals surface area contributed by atoms with Gasteiger partial charge in [0.2, 0.25) is 0 Å². The van der Waals surface area contributed by atoms with Crippen LogP contribution in [-0.4, -0.2) is 27.1 Å². The Bertz CT molecular complexity index is 829. The molecule has 0 aliphatic heterocycles. The number of benzene rings is 2. The molecule has 26 heavy (non-hydrogen) atoms. The van der Waals surface area contributed by atoms with E-state index >= 15 is 0 Å². The highest BCUT2D eigenvalue weighted by atomic mass is 32.2. The Hall–Kier alpha value is -1.92. The fourth-order valence-electron chi connectivity index (χ4n) is 2.31. The minimum atomic E-state index is 0.647. The van der Waals surface area contributed by atoms with Gasteiger partial charge >= 0.3 is 0 Å². The highest BCUT2D eigenvalue weighted by molar-refractivity contribution is 7.99. The van der Waals surface area contributed by atoms with E-state index in [0.29, 0.717) is 6.61 Å². The van der Waals surface area contributed by atoms with Crippen LogP contribution in [0.25, 0.3) is 0 Å². The summed E-state index contributed by atoms with van der Waals surface area (Å²) in [5, 5.41) is 9.56. The summed E-state index contributed by atoms with van der Waals surface area (Å²) in [4.78, 5) is 1.25. The Kier molecular flexibility index (Phi) is 6.63. The lowest BCUT2D eigenvalue weighted by Gasteiger charge is -2.06. The first-order valence-electron chi connectivity index (χ1n) is 8.52. The fraction of sp³-hybridized carbons (Fsp3) is 0.300. The van der Waals surface area contributed by atoms with Crippen molar-refractivity contribution in [3.8, 4) is 5.75 Å². The van der Waals surface area contributed by atoms with E-state index in [0.717, 1.165) is 28.2 Å². The molecule has 0 radical (unpaired) electrons. The number of thioether (sulfide) groups is 2. The van der Waals surface area contributed by atoms with E-state index in [1.54, 1.807) is 23.5 Å². The van der Waals surface area contributed by atoms with E-state index in [4.69, 9.17) is 4.74 Å². The number of aromatic nitrogens is 3. The molecule has 0 bridgehead atoms. The van der Waals surface area contributed by atoms with Crippen molar-refractivity contribution in [2.24, 2.45) is 7.05 Å². The standard InChI is InChI=1S/C20H23N3OS2/c1-15-4-8-17(9-5-15)24-12-13-25-20-22-21-19(23(20)3)14-26-18-10-6-16(2)7-11-18/h4-11H,12-14H2,1-3H3. The van der Waals surface area contributed by atoms with E-state index < -0.39 is 0 Å². The van der Waals surface area contributed by atoms with Crippen LogP contribution in [0.15, 0.2) is 58.6 Å². The van der Waals surface area contributed by atoms with Gasteiger partial charge in [-0.1, -0.05) is 47.2 Å². The third kappa shape index (κ3) is 5.29. The van der Waals surface area contributed by atoms with Crippen LogP contribution in [0.4, 0.5) is 0 Å². The van der Waals surface area contributed by atoms with Gasteiger partial charge in [0.1, 0.15) is 11.6 Å². The fourth-order valence-corrected chi connectivity index (χ4v) is 3.93. The highest BCUT2D eigenvalue weighted by Crippen LogP contribution is 2.24. The molecule has 6 heteroatoms. The van der Waals surface area contributed by atoms with Gasteiger partial charge in [-0.05, 0) is 38.1 Å². The third-order valence-electron chi connectivity index (χ3n) is 3.92. The van der Waals surface area contributed by atoms with Crippen molar-refractivity contribution in [3.05, 3.63) is 65.5 Å². The SMILES string of the molecule is Cc1ccc(OCCSc2nnc(CSc3ccc(C)cc3)n2C)cc1. The maximum atomic E-state index is 5.76. The molecular formula is C20H23N3OS2. The molecule has 2 aromatic carbocycles. The molecule has 0 atom stereocenters. The van der Waals surface area contributed by atoms with Crippen LogP contribution in [0.5, 0.6) is 5.75 Å². The maximum Gasteiger partial charge on any atom is 0.191 e. The number of rotatable bonds is 8. The summed E-state index contributed by atoms with van der Waals surface area (Å²) in [5.74, 6) is 3.54. The van der Waals surface area contributed by atoms with Crippen molar-refractivity contribution >= 4 is 23.5 Å². The average Bonchev–Trinajstić information content (AvgIpc) is 3.00. The Labute approximate surface area is 163 Å². The maximum absolute atomic E-state index is 5.76. The molecule has 0 aliphatic carbocycles. The molecule has 1 heterocycles. The van der Waals surface area contributed by atoms with Crippen LogP contribution in [0.2, 0.25) is 0 Å². The molecule has 0 unspecified atom stereocenters. The van der Waals surface area contributed by atoms with E-state index in [9.17, 15) is 0 Å². The monoisotopic (exact) mass is 385 g/mol. The second-order valence-corrected chi connectivity index (χ2v) is 8.18. The lowest BCUT2D eigenvalue weighted by Crippen LogP contribution is -2.02. The zero-order valence-corrected chi connectivity index (χ0v) is 16.9. The number of aryl methyl sites for hydroxylation is 2. The molecule has 0 aliphatic rings. The van der Waals surface area contributed by atoms with Crippen molar-refractivity contribution in [1.82, 2.24) is 14.8 Å². The number of hydrogen-bond donors (Lipinski definition) is 0. The Balaban J connectivity index is 1.45. The van der Waals surface area contributed by atoms with Crippen LogP contribution in [0.3, 0.4) is 0 Å². The molecule has 3 rings (SSSR count). The molecular weight excluding hydrogens is 362 g/mol. The van der Waals surface area contributed by atoms with Crippen LogP contribution in [0.1, 0.15) is 17.0 Å². The van der Waals surface area contributed by atoms with Crippen LogP contribution in [-0.2, 0) is 12.8 Å². The normalized spacial score (nSPS) is 10.9. The van der Waals surface area contributed by atoms with Crippen molar-refractivity contribution in [1.29, 1.82) is 0 Å². The third-order valence-corrected chi connectivity index (χ3v) is 5.91. The predicted octanol–water partition coefficient (Wildman–Crippen LogP) is 4.90. The second-order valence-electron chi connectivity index (χ2n) is 6.07. The zero-order valence-electron chi connectivity index (χ0n) is 15.3. The summed E-state index contributed by atoms with van der Waals surface area (Å²) in [6, 6.07) is 16.7. The molecule has 1 aromatic heterocycles. The molecule has 0 saturated heterocycles. The van der Waals surface area contributed by atoms with Crippen molar-refractivity contribution in [2.45, 2.75) is 29.7 Å². The van der Waals surface area contributed by atoms with Crippen molar-refractivity contribution < 1.29 is 4.74 Å². The number of ether oxygens (including phenoxy) is 1. The minimum absolute atomic E-state index is 0.647. The molecule has 0 saturated carbocycles. The Morgan fingerprint density at radius 2 is 1.54 bits per heavy atom. The van der Waals surface area contributed by atoms with Crippen LogP contribution in [0, 0.1) is 13.8 Å². The highest BCUT2D eigenvalue weighted by Gasteiger charge is 2.09. The first kappa shape index (κ1) is 18.9. The predicted molar refractivity (Wildman–Crippen MR) is 109 cm³/mol.